The second-order valence-electron chi connectivity index (χ2n) is 5.38. The molecule has 2 rings (SSSR count). The minimum Gasteiger partial charge on any atom is -0.311 e. The number of aryl methyl sites for hydroxylation is 2. The van der Waals surface area contributed by atoms with Crippen LogP contribution in [0.3, 0.4) is 0 Å². The van der Waals surface area contributed by atoms with Crippen LogP contribution in [0.1, 0.15) is 36.6 Å². The van der Waals surface area contributed by atoms with Gasteiger partial charge in [0.2, 0.25) is 5.91 Å². The molecule has 0 aliphatic rings. The number of pyridine rings is 2. The summed E-state index contributed by atoms with van der Waals surface area (Å²) in [7, 11) is 0. The lowest BCUT2D eigenvalue weighted by Crippen LogP contribution is -2.13. The smallest absolute Gasteiger partial charge is 0.226 e. The first-order valence-electron chi connectivity index (χ1n) is 7.87. The summed E-state index contributed by atoms with van der Waals surface area (Å²) >= 11 is 1.44. The van der Waals surface area contributed by atoms with Crippen molar-refractivity contribution in [1.29, 1.82) is 5.26 Å². The van der Waals surface area contributed by atoms with E-state index in [9.17, 15) is 10.1 Å². The largest absolute Gasteiger partial charge is 0.311 e. The summed E-state index contributed by atoms with van der Waals surface area (Å²) in [4.78, 5) is 20.6. The third-order valence-corrected chi connectivity index (χ3v) is 4.28. The molecule has 0 aromatic carbocycles. The number of thioether (sulfide) groups is 1. The highest BCUT2D eigenvalue weighted by Gasteiger charge is 2.09. The maximum atomic E-state index is 12.0. The van der Waals surface area contributed by atoms with Gasteiger partial charge in [0.15, 0.2) is 0 Å². The molecule has 124 valence electrons. The van der Waals surface area contributed by atoms with Gasteiger partial charge in [-0.05, 0) is 37.1 Å². The van der Waals surface area contributed by atoms with E-state index in [0.717, 1.165) is 24.1 Å². The van der Waals surface area contributed by atoms with E-state index in [2.05, 4.69) is 28.3 Å². The summed E-state index contributed by atoms with van der Waals surface area (Å²) < 4.78 is 0. The van der Waals surface area contributed by atoms with Crippen molar-refractivity contribution in [3.05, 3.63) is 47.3 Å². The molecule has 0 aliphatic heterocycles. The number of aromatic nitrogens is 2. The van der Waals surface area contributed by atoms with Gasteiger partial charge in [-0.3, -0.25) is 4.79 Å². The number of hydrogen-bond acceptors (Lipinski definition) is 5. The summed E-state index contributed by atoms with van der Waals surface area (Å²) in [5.41, 5.74) is 2.58. The zero-order chi connectivity index (χ0) is 17.4. The standard InChI is InChI=1S/C18H20N4OS/c1-3-4-15-7-6-14(11-19)18(21-15)24-10-9-17(23)22-16-8-5-13(2)12-20-16/h5-8,12H,3-4,9-10H2,1-2H3,(H,20,22,23). The first kappa shape index (κ1) is 18.0. The van der Waals surface area contributed by atoms with Crippen molar-refractivity contribution in [1.82, 2.24) is 9.97 Å². The number of nitrogens with one attached hydrogen (secondary N) is 1. The van der Waals surface area contributed by atoms with Gasteiger partial charge in [-0.2, -0.15) is 5.26 Å². The third kappa shape index (κ3) is 5.36. The maximum Gasteiger partial charge on any atom is 0.226 e. The summed E-state index contributed by atoms with van der Waals surface area (Å²) in [6.07, 6.45) is 3.95. The van der Waals surface area contributed by atoms with E-state index in [4.69, 9.17) is 0 Å². The minimum atomic E-state index is -0.0953. The highest BCUT2D eigenvalue weighted by Crippen LogP contribution is 2.22. The monoisotopic (exact) mass is 340 g/mol. The van der Waals surface area contributed by atoms with Crippen LogP contribution in [0, 0.1) is 18.3 Å². The van der Waals surface area contributed by atoms with Crippen LogP contribution in [0.15, 0.2) is 35.5 Å². The number of rotatable bonds is 7. The molecule has 24 heavy (non-hydrogen) atoms. The molecule has 0 fully saturated rings. The zero-order valence-corrected chi connectivity index (χ0v) is 14.7. The first-order valence-corrected chi connectivity index (χ1v) is 8.86. The number of amides is 1. The Kier molecular flexibility index (Phi) is 6.76. The number of anilines is 1. The Balaban J connectivity index is 1.89. The van der Waals surface area contributed by atoms with Crippen LogP contribution < -0.4 is 5.32 Å². The average Bonchev–Trinajstić information content (AvgIpc) is 2.57. The molecule has 0 spiro atoms. The molecule has 2 heterocycles. The van der Waals surface area contributed by atoms with Gasteiger partial charge in [-0.1, -0.05) is 19.4 Å². The molecule has 0 atom stereocenters. The summed E-state index contributed by atoms with van der Waals surface area (Å²) in [5, 5.41) is 12.6. The van der Waals surface area contributed by atoms with Gasteiger partial charge in [0.05, 0.1) is 5.56 Å². The molecule has 0 saturated heterocycles. The second-order valence-corrected chi connectivity index (χ2v) is 6.47. The van der Waals surface area contributed by atoms with Crippen molar-refractivity contribution >= 4 is 23.5 Å². The van der Waals surface area contributed by atoms with E-state index in [1.54, 1.807) is 18.3 Å². The summed E-state index contributed by atoms with van der Waals surface area (Å²) in [5.74, 6) is 1.02. The van der Waals surface area contributed by atoms with E-state index in [0.29, 0.717) is 28.6 Å². The van der Waals surface area contributed by atoms with Crippen molar-refractivity contribution in [2.24, 2.45) is 0 Å². The van der Waals surface area contributed by atoms with Gasteiger partial charge in [0.25, 0.3) is 0 Å². The lowest BCUT2D eigenvalue weighted by Gasteiger charge is -2.07. The Hall–Kier alpha value is -2.39. The van der Waals surface area contributed by atoms with Gasteiger partial charge >= 0.3 is 0 Å². The van der Waals surface area contributed by atoms with Crippen LogP contribution in [0.2, 0.25) is 0 Å². The Labute approximate surface area is 146 Å². The fourth-order valence-electron chi connectivity index (χ4n) is 2.06. The van der Waals surface area contributed by atoms with E-state index in [1.807, 2.05) is 19.1 Å². The molecule has 2 aromatic heterocycles. The molecule has 6 heteroatoms. The summed E-state index contributed by atoms with van der Waals surface area (Å²) in [6.45, 7) is 4.04. The Morgan fingerprint density at radius 3 is 2.83 bits per heavy atom. The van der Waals surface area contributed by atoms with Gasteiger partial charge in [0, 0.05) is 24.1 Å². The highest BCUT2D eigenvalue weighted by molar-refractivity contribution is 7.99. The zero-order valence-electron chi connectivity index (χ0n) is 13.9. The molecule has 1 amide bonds. The number of carbonyl (C=O) groups excluding carboxylic acids is 1. The lowest BCUT2D eigenvalue weighted by atomic mass is 10.2. The first-order chi connectivity index (χ1) is 11.6. The molecule has 0 saturated carbocycles. The minimum absolute atomic E-state index is 0.0953. The molecule has 0 unspecified atom stereocenters. The normalized spacial score (nSPS) is 10.2. The summed E-state index contributed by atoms with van der Waals surface area (Å²) in [6, 6.07) is 9.53. The van der Waals surface area contributed by atoms with Crippen LogP contribution in [0.5, 0.6) is 0 Å². The molecule has 0 radical (unpaired) electrons. The maximum absolute atomic E-state index is 12.0. The molecular formula is C18H20N4OS. The highest BCUT2D eigenvalue weighted by atomic mass is 32.2. The molecule has 1 N–H and O–H groups in total. The van der Waals surface area contributed by atoms with E-state index >= 15 is 0 Å². The number of nitriles is 1. The average molecular weight is 340 g/mol. The Morgan fingerprint density at radius 2 is 2.17 bits per heavy atom. The van der Waals surface area contributed by atoms with Gasteiger partial charge < -0.3 is 5.32 Å². The number of carbonyl (C=O) groups is 1. The van der Waals surface area contributed by atoms with Gasteiger partial charge in [-0.15, -0.1) is 11.8 Å². The Bertz CT molecular complexity index is 738. The molecule has 0 aliphatic carbocycles. The molecular weight excluding hydrogens is 320 g/mol. The van der Waals surface area contributed by atoms with Gasteiger partial charge in [0.1, 0.15) is 16.9 Å². The van der Waals surface area contributed by atoms with Crippen LogP contribution in [0.4, 0.5) is 5.82 Å². The van der Waals surface area contributed by atoms with Crippen molar-refractivity contribution in [2.45, 2.75) is 38.1 Å². The van der Waals surface area contributed by atoms with Crippen LogP contribution in [-0.4, -0.2) is 21.6 Å². The van der Waals surface area contributed by atoms with E-state index in [-0.39, 0.29) is 5.91 Å². The predicted octanol–water partition coefficient (Wildman–Crippen LogP) is 3.73. The topological polar surface area (TPSA) is 78.7 Å². The van der Waals surface area contributed by atoms with Crippen molar-refractivity contribution in [2.75, 3.05) is 11.1 Å². The fraction of sp³-hybridized carbons (Fsp3) is 0.333. The van der Waals surface area contributed by atoms with E-state index in [1.165, 1.54) is 11.8 Å². The fourth-order valence-corrected chi connectivity index (χ4v) is 2.99. The quantitative estimate of drug-likeness (QED) is 0.777. The van der Waals surface area contributed by atoms with Crippen molar-refractivity contribution in [3.63, 3.8) is 0 Å². The number of hydrogen-bond donors (Lipinski definition) is 1. The Morgan fingerprint density at radius 1 is 1.33 bits per heavy atom. The molecule has 5 nitrogen and oxygen atoms in total. The SMILES string of the molecule is CCCc1ccc(C#N)c(SCCC(=O)Nc2ccc(C)cn2)n1. The van der Waals surface area contributed by atoms with Crippen LogP contribution >= 0.6 is 11.8 Å². The van der Waals surface area contributed by atoms with E-state index < -0.39 is 0 Å². The lowest BCUT2D eigenvalue weighted by molar-refractivity contribution is -0.115. The molecule has 2 aromatic rings. The van der Waals surface area contributed by atoms with Crippen molar-refractivity contribution < 1.29 is 4.79 Å². The van der Waals surface area contributed by atoms with Crippen LogP contribution in [-0.2, 0) is 11.2 Å². The molecule has 0 bridgehead atoms. The van der Waals surface area contributed by atoms with Crippen LogP contribution in [0.25, 0.3) is 0 Å². The van der Waals surface area contributed by atoms with Gasteiger partial charge in [-0.25, -0.2) is 9.97 Å². The predicted molar refractivity (Wildman–Crippen MR) is 95.9 cm³/mol. The van der Waals surface area contributed by atoms with Crippen molar-refractivity contribution in [3.8, 4) is 6.07 Å². The third-order valence-electron chi connectivity index (χ3n) is 3.29. The second kappa shape index (κ2) is 9.04. The number of nitrogens with zero attached hydrogens (tertiary/aromatic N) is 3.